The smallest absolute Gasteiger partial charge is 0.118 e. The van der Waals surface area contributed by atoms with Crippen LogP contribution in [0.15, 0.2) is 24.3 Å². The Kier molecular flexibility index (Phi) is 11.8. The fourth-order valence-electron chi connectivity index (χ4n) is 3.11. The highest BCUT2D eigenvalue weighted by Gasteiger charge is 2.25. The molecule has 4 nitrogen and oxygen atoms in total. The first-order valence-corrected chi connectivity index (χ1v) is 9.89. The fraction of sp³-hybridized carbons (Fsp3) is 0.636. The van der Waals surface area contributed by atoms with Gasteiger partial charge in [-0.3, -0.25) is 4.90 Å². The summed E-state index contributed by atoms with van der Waals surface area (Å²) in [6, 6.07) is 7.94. The van der Waals surface area contributed by atoms with E-state index in [4.69, 9.17) is 4.74 Å². The number of benzene rings is 1. The van der Waals surface area contributed by atoms with Crippen molar-refractivity contribution in [1.82, 2.24) is 4.90 Å². The van der Waals surface area contributed by atoms with Crippen molar-refractivity contribution in [2.45, 2.75) is 64.5 Å². The van der Waals surface area contributed by atoms with Gasteiger partial charge in [-0.05, 0) is 56.5 Å². The molecule has 1 aromatic rings. The summed E-state index contributed by atoms with van der Waals surface area (Å²) in [6.45, 7) is 6.04. The van der Waals surface area contributed by atoms with E-state index < -0.39 is 0 Å². The Morgan fingerprint density at radius 1 is 1.15 bits per heavy atom. The van der Waals surface area contributed by atoms with Crippen LogP contribution in [0, 0.1) is 11.8 Å². The number of aliphatic hydroxyl groups is 2. The molecule has 0 radical (unpaired) electrons. The summed E-state index contributed by atoms with van der Waals surface area (Å²) in [5, 5.41) is 19.1. The number of aliphatic hydroxyl groups excluding tert-OH is 2. The summed E-state index contributed by atoms with van der Waals surface area (Å²) in [4.78, 5) is 2.32. The Balaban J connectivity index is 0.00000163. The summed E-state index contributed by atoms with van der Waals surface area (Å²) in [7, 11) is 1.66. The molecule has 0 spiro atoms. The normalized spacial score (nSPS) is 19.7. The lowest BCUT2D eigenvalue weighted by atomic mass is 9.99. The lowest BCUT2D eigenvalue weighted by Gasteiger charge is -2.36. The van der Waals surface area contributed by atoms with Gasteiger partial charge in [0.25, 0.3) is 0 Å². The number of ether oxygens (including phenoxy) is 1. The van der Waals surface area contributed by atoms with Crippen molar-refractivity contribution in [3.8, 4) is 17.6 Å². The average Bonchev–Trinajstić information content (AvgIpc) is 2.70. The second kappa shape index (κ2) is 13.6. The minimum absolute atomic E-state index is 0.128. The molecular formula is C22H35NO3. The van der Waals surface area contributed by atoms with Crippen LogP contribution in [0.4, 0.5) is 0 Å². The van der Waals surface area contributed by atoms with Gasteiger partial charge in [-0.2, -0.15) is 0 Å². The maximum absolute atomic E-state index is 9.66. The number of unbranched alkanes of at least 4 members (excludes halogenated alkanes) is 3. The summed E-state index contributed by atoms with van der Waals surface area (Å²) >= 11 is 0. The number of nitrogens with zero attached hydrogens (tertiary/aromatic N) is 1. The third kappa shape index (κ3) is 8.23. The van der Waals surface area contributed by atoms with Gasteiger partial charge < -0.3 is 14.9 Å². The third-order valence-electron chi connectivity index (χ3n) is 4.59. The van der Waals surface area contributed by atoms with E-state index in [1.165, 1.54) is 0 Å². The predicted octanol–water partition coefficient (Wildman–Crippen LogP) is 3.45. The monoisotopic (exact) mass is 361 g/mol. The summed E-state index contributed by atoms with van der Waals surface area (Å²) in [5.41, 5.74) is 1.02. The maximum atomic E-state index is 9.66. The molecule has 1 aliphatic rings. The van der Waals surface area contributed by atoms with Gasteiger partial charge in [-0.1, -0.05) is 32.1 Å². The third-order valence-corrected chi connectivity index (χ3v) is 4.59. The van der Waals surface area contributed by atoms with Crippen LogP contribution in [0.25, 0.3) is 0 Å². The molecule has 26 heavy (non-hydrogen) atoms. The Bertz CT molecular complexity index is 533. The summed E-state index contributed by atoms with van der Waals surface area (Å²) in [5.74, 6) is 7.26. The van der Waals surface area contributed by atoms with E-state index in [9.17, 15) is 10.2 Å². The largest absolute Gasteiger partial charge is 0.497 e. The fourth-order valence-corrected chi connectivity index (χ4v) is 3.11. The van der Waals surface area contributed by atoms with Crippen molar-refractivity contribution < 1.29 is 14.9 Å². The Morgan fingerprint density at radius 2 is 1.88 bits per heavy atom. The van der Waals surface area contributed by atoms with E-state index in [1.54, 1.807) is 7.11 Å². The van der Waals surface area contributed by atoms with Crippen molar-refractivity contribution in [2.75, 3.05) is 26.8 Å². The lowest BCUT2D eigenvalue weighted by Crippen LogP contribution is -2.46. The molecule has 0 bridgehead atoms. The first kappa shape index (κ1) is 22.5. The van der Waals surface area contributed by atoms with Crippen molar-refractivity contribution in [3.05, 3.63) is 29.8 Å². The van der Waals surface area contributed by atoms with E-state index in [2.05, 4.69) is 16.7 Å². The number of piperidine rings is 1. The number of hydrogen-bond acceptors (Lipinski definition) is 4. The van der Waals surface area contributed by atoms with Crippen LogP contribution in [0.3, 0.4) is 0 Å². The minimum atomic E-state index is -0.244. The molecule has 4 heteroatoms. The van der Waals surface area contributed by atoms with Gasteiger partial charge in [0.1, 0.15) is 5.75 Å². The van der Waals surface area contributed by atoms with Gasteiger partial charge in [-0.15, -0.1) is 0 Å². The van der Waals surface area contributed by atoms with Crippen molar-refractivity contribution in [2.24, 2.45) is 0 Å². The lowest BCUT2D eigenvalue weighted by molar-refractivity contribution is 0.0164. The SMILES string of the molecule is CC.COc1ccc(C#CCCCCCN2CCC(O)CC2CO)cc1. The zero-order valence-electron chi connectivity index (χ0n) is 16.6. The molecule has 1 heterocycles. The average molecular weight is 362 g/mol. The van der Waals surface area contributed by atoms with Crippen LogP contribution < -0.4 is 4.74 Å². The van der Waals surface area contributed by atoms with E-state index in [0.29, 0.717) is 6.42 Å². The first-order chi connectivity index (χ1) is 12.7. The Labute approximate surface area is 159 Å². The molecule has 1 saturated heterocycles. The van der Waals surface area contributed by atoms with Gasteiger partial charge in [0.05, 0.1) is 19.8 Å². The molecule has 0 aliphatic carbocycles. The highest BCUT2D eigenvalue weighted by Crippen LogP contribution is 2.18. The molecule has 1 aliphatic heterocycles. The zero-order valence-corrected chi connectivity index (χ0v) is 16.6. The van der Waals surface area contributed by atoms with Crippen molar-refractivity contribution in [3.63, 3.8) is 0 Å². The molecule has 146 valence electrons. The number of methoxy groups -OCH3 is 1. The minimum Gasteiger partial charge on any atom is -0.497 e. The molecule has 0 aromatic heterocycles. The van der Waals surface area contributed by atoms with Gasteiger partial charge in [0.2, 0.25) is 0 Å². The number of likely N-dealkylation sites (tertiary alicyclic amines) is 1. The quantitative estimate of drug-likeness (QED) is 0.577. The zero-order chi connectivity index (χ0) is 19.2. The molecule has 2 rings (SSSR count). The van der Waals surface area contributed by atoms with Gasteiger partial charge in [0.15, 0.2) is 0 Å². The van der Waals surface area contributed by atoms with Gasteiger partial charge in [0, 0.05) is 24.6 Å². The second-order valence-electron chi connectivity index (χ2n) is 6.39. The summed E-state index contributed by atoms with van der Waals surface area (Å²) in [6.07, 6.45) is 5.56. The molecule has 2 atom stereocenters. The van der Waals surface area contributed by atoms with Gasteiger partial charge in [-0.25, -0.2) is 0 Å². The Morgan fingerprint density at radius 3 is 2.54 bits per heavy atom. The van der Waals surface area contributed by atoms with Crippen molar-refractivity contribution >= 4 is 0 Å². The van der Waals surface area contributed by atoms with Crippen LogP contribution in [0.1, 0.15) is 57.9 Å². The molecule has 0 saturated carbocycles. The van der Waals surface area contributed by atoms with E-state index in [0.717, 1.165) is 56.5 Å². The molecule has 2 unspecified atom stereocenters. The first-order valence-electron chi connectivity index (χ1n) is 9.89. The highest BCUT2D eigenvalue weighted by atomic mass is 16.5. The number of hydrogen-bond donors (Lipinski definition) is 2. The summed E-state index contributed by atoms with van der Waals surface area (Å²) < 4.78 is 5.13. The molecular weight excluding hydrogens is 326 g/mol. The molecule has 2 N–H and O–H groups in total. The van der Waals surface area contributed by atoms with E-state index >= 15 is 0 Å². The number of rotatable bonds is 7. The van der Waals surface area contributed by atoms with Crippen molar-refractivity contribution in [1.29, 1.82) is 0 Å². The standard InChI is InChI=1S/C20H29NO3.C2H6/c1-24-20-10-8-17(9-11-20)7-5-3-2-4-6-13-21-14-12-19(23)15-18(21)16-22;1-2/h8-11,18-19,22-23H,2-4,6,12-16H2,1H3;1-2H3. The van der Waals surface area contributed by atoms with Crippen LogP contribution in [0.5, 0.6) is 5.75 Å². The van der Waals surface area contributed by atoms with Crippen LogP contribution in [0.2, 0.25) is 0 Å². The second-order valence-corrected chi connectivity index (χ2v) is 6.39. The highest BCUT2D eigenvalue weighted by molar-refractivity contribution is 5.38. The molecule has 1 fully saturated rings. The van der Waals surface area contributed by atoms with Crippen LogP contribution >= 0.6 is 0 Å². The van der Waals surface area contributed by atoms with E-state index in [-0.39, 0.29) is 18.8 Å². The topological polar surface area (TPSA) is 52.9 Å². The van der Waals surface area contributed by atoms with Gasteiger partial charge >= 0.3 is 0 Å². The predicted molar refractivity (Wildman–Crippen MR) is 107 cm³/mol. The van der Waals surface area contributed by atoms with Crippen LogP contribution in [-0.2, 0) is 0 Å². The Hall–Kier alpha value is -1.54. The maximum Gasteiger partial charge on any atom is 0.118 e. The molecule has 1 aromatic carbocycles. The molecule has 0 amide bonds. The van der Waals surface area contributed by atoms with Crippen LogP contribution in [-0.4, -0.2) is 54.1 Å². The van der Waals surface area contributed by atoms with E-state index in [1.807, 2.05) is 38.1 Å².